The summed E-state index contributed by atoms with van der Waals surface area (Å²) in [6.45, 7) is 2.24. The van der Waals surface area contributed by atoms with Crippen LogP contribution in [0.15, 0.2) is 22.7 Å². The van der Waals surface area contributed by atoms with Gasteiger partial charge in [-0.25, -0.2) is 0 Å². The number of alkyl halides is 2. The van der Waals surface area contributed by atoms with E-state index in [0.29, 0.717) is 0 Å². The summed E-state index contributed by atoms with van der Waals surface area (Å²) in [5.74, 6) is 0.919. The van der Waals surface area contributed by atoms with Crippen molar-refractivity contribution in [3.8, 4) is 5.75 Å². The van der Waals surface area contributed by atoms with Gasteiger partial charge in [-0.1, -0.05) is 61.1 Å². The Hall–Kier alpha value is 0.460. The van der Waals surface area contributed by atoms with E-state index in [1.807, 2.05) is 6.07 Å². The maximum Gasteiger partial charge on any atom is 0.119 e. The lowest BCUT2D eigenvalue weighted by Gasteiger charge is -2.30. The molecule has 0 heterocycles. The molecule has 4 heteroatoms. The van der Waals surface area contributed by atoms with Gasteiger partial charge in [-0.05, 0) is 42.0 Å². The Balaban J connectivity index is 2.99. The van der Waals surface area contributed by atoms with E-state index < -0.39 is 0 Å². The van der Waals surface area contributed by atoms with Gasteiger partial charge in [-0.2, -0.15) is 0 Å². The molecule has 0 saturated heterocycles. The summed E-state index contributed by atoms with van der Waals surface area (Å²) >= 11 is 11.0. The van der Waals surface area contributed by atoms with Crippen LogP contribution in [0.25, 0.3) is 0 Å². The molecule has 0 saturated carbocycles. The van der Waals surface area contributed by atoms with Crippen LogP contribution in [-0.4, -0.2) is 17.8 Å². The Morgan fingerprint density at radius 3 is 2.39 bits per heavy atom. The molecule has 0 spiro atoms. The van der Waals surface area contributed by atoms with Crippen LogP contribution in [0.3, 0.4) is 0 Å². The van der Waals surface area contributed by atoms with Gasteiger partial charge in [0, 0.05) is 15.1 Å². The Labute approximate surface area is 135 Å². The van der Waals surface area contributed by atoms with Gasteiger partial charge >= 0.3 is 0 Å². The van der Waals surface area contributed by atoms with Crippen molar-refractivity contribution in [1.29, 1.82) is 0 Å². The molecule has 1 nitrogen and oxygen atoms in total. The van der Waals surface area contributed by atoms with Crippen molar-refractivity contribution >= 4 is 47.8 Å². The molecule has 0 radical (unpaired) electrons. The van der Waals surface area contributed by atoms with Crippen LogP contribution in [0.1, 0.15) is 25.3 Å². The van der Waals surface area contributed by atoms with Crippen LogP contribution in [0.2, 0.25) is 0 Å². The normalized spacial score (nSPS) is 11.6. The van der Waals surface area contributed by atoms with Gasteiger partial charge in [0.15, 0.2) is 0 Å². The van der Waals surface area contributed by atoms with Crippen molar-refractivity contribution in [2.45, 2.75) is 26.2 Å². The minimum Gasteiger partial charge on any atom is -0.497 e. The molecular weight excluding hydrogens is 424 g/mol. The lowest BCUT2D eigenvalue weighted by Crippen LogP contribution is -2.27. The highest BCUT2D eigenvalue weighted by molar-refractivity contribution is 9.10. The van der Waals surface area contributed by atoms with E-state index in [1.165, 1.54) is 18.4 Å². The Bertz CT molecular complexity index is 375. The molecule has 0 N–H and O–H groups in total. The van der Waals surface area contributed by atoms with E-state index in [4.69, 9.17) is 4.74 Å². The van der Waals surface area contributed by atoms with Crippen molar-refractivity contribution < 1.29 is 4.74 Å². The fourth-order valence-corrected chi connectivity index (χ4v) is 4.37. The zero-order valence-corrected chi connectivity index (χ0v) is 15.6. The smallest absolute Gasteiger partial charge is 0.119 e. The first-order valence-corrected chi connectivity index (χ1v) is 9.08. The predicted octanol–water partition coefficient (Wildman–Crippen LogP) is 5.58. The molecule has 1 aromatic rings. The summed E-state index contributed by atoms with van der Waals surface area (Å²) in [5, 5.41) is 2.01. The minimum atomic E-state index is 0.267. The first-order chi connectivity index (χ1) is 8.60. The van der Waals surface area contributed by atoms with Crippen molar-refractivity contribution in [2.24, 2.45) is 5.41 Å². The molecule has 1 rings (SSSR count). The third-order valence-corrected chi connectivity index (χ3v) is 6.32. The summed E-state index contributed by atoms with van der Waals surface area (Å²) in [6.07, 6.45) is 3.43. The minimum absolute atomic E-state index is 0.267. The third kappa shape index (κ3) is 4.24. The van der Waals surface area contributed by atoms with Crippen LogP contribution >= 0.6 is 47.8 Å². The molecule has 0 aliphatic rings. The van der Waals surface area contributed by atoms with Crippen LogP contribution in [0.5, 0.6) is 5.75 Å². The van der Waals surface area contributed by atoms with Crippen LogP contribution in [-0.2, 0) is 6.42 Å². The molecular formula is C14H19Br3O. The lowest BCUT2D eigenvalue weighted by atomic mass is 9.81. The summed E-state index contributed by atoms with van der Waals surface area (Å²) < 4.78 is 6.47. The van der Waals surface area contributed by atoms with Gasteiger partial charge < -0.3 is 4.74 Å². The monoisotopic (exact) mass is 440 g/mol. The van der Waals surface area contributed by atoms with Gasteiger partial charge in [-0.15, -0.1) is 0 Å². The standard InChI is InChI=1S/C14H19Br3O/c1-3-6-14(9-15,10-16)8-11-7-12(18-2)4-5-13(11)17/h4-5,7H,3,6,8-10H2,1-2H3. The van der Waals surface area contributed by atoms with E-state index in [2.05, 4.69) is 66.8 Å². The number of benzene rings is 1. The lowest BCUT2D eigenvalue weighted by molar-refractivity contribution is 0.350. The van der Waals surface area contributed by atoms with E-state index in [1.54, 1.807) is 7.11 Å². The molecule has 0 unspecified atom stereocenters. The van der Waals surface area contributed by atoms with Gasteiger partial charge in [0.05, 0.1) is 7.11 Å². The molecule has 0 bridgehead atoms. The fourth-order valence-electron chi connectivity index (χ4n) is 2.10. The van der Waals surface area contributed by atoms with E-state index >= 15 is 0 Å². The second-order valence-corrected chi connectivity index (χ2v) is 6.63. The first-order valence-electron chi connectivity index (χ1n) is 6.05. The maximum atomic E-state index is 5.31. The zero-order chi connectivity index (χ0) is 13.6. The molecule has 0 atom stereocenters. The molecule has 1 aromatic carbocycles. The first kappa shape index (κ1) is 16.5. The second-order valence-electron chi connectivity index (χ2n) is 4.65. The SMILES string of the molecule is CCCC(CBr)(CBr)Cc1cc(OC)ccc1Br. The van der Waals surface area contributed by atoms with Crippen LogP contribution in [0.4, 0.5) is 0 Å². The predicted molar refractivity (Wildman–Crippen MR) is 89.3 cm³/mol. The van der Waals surface area contributed by atoms with Crippen molar-refractivity contribution in [1.82, 2.24) is 0 Å². The summed E-state index contributed by atoms with van der Waals surface area (Å²) in [5.41, 5.74) is 1.57. The molecule has 0 fully saturated rings. The molecule has 102 valence electrons. The average Bonchev–Trinajstić information content (AvgIpc) is 2.40. The third-order valence-electron chi connectivity index (χ3n) is 3.17. The average molecular weight is 443 g/mol. The number of hydrogen-bond acceptors (Lipinski definition) is 1. The highest BCUT2D eigenvalue weighted by Crippen LogP contribution is 2.36. The number of rotatable bonds is 7. The van der Waals surface area contributed by atoms with Crippen LogP contribution in [0, 0.1) is 5.41 Å². The Morgan fingerprint density at radius 1 is 1.22 bits per heavy atom. The molecule has 0 aliphatic carbocycles. The highest BCUT2D eigenvalue weighted by Gasteiger charge is 2.28. The molecule has 0 amide bonds. The second kappa shape index (κ2) is 7.91. The van der Waals surface area contributed by atoms with E-state index in [9.17, 15) is 0 Å². The van der Waals surface area contributed by atoms with Crippen LogP contribution < -0.4 is 4.74 Å². The number of methoxy groups -OCH3 is 1. The van der Waals surface area contributed by atoms with Gasteiger partial charge in [0.25, 0.3) is 0 Å². The number of halogens is 3. The quantitative estimate of drug-likeness (QED) is 0.501. The summed E-state index contributed by atoms with van der Waals surface area (Å²) in [7, 11) is 1.71. The molecule has 18 heavy (non-hydrogen) atoms. The summed E-state index contributed by atoms with van der Waals surface area (Å²) in [4.78, 5) is 0. The topological polar surface area (TPSA) is 9.23 Å². The largest absolute Gasteiger partial charge is 0.497 e. The fraction of sp³-hybridized carbons (Fsp3) is 0.571. The molecule has 0 aliphatic heterocycles. The Kier molecular flexibility index (Phi) is 7.25. The number of hydrogen-bond donors (Lipinski definition) is 0. The van der Waals surface area contributed by atoms with Gasteiger partial charge in [-0.3, -0.25) is 0 Å². The highest BCUT2D eigenvalue weighted by atomic mass is 79.9. The van der Waals surface area contributed by atoms with Crippen molar-refractivity contribution in [3.05, 3.63) is 28.2 Å². The number of ether oxygens (including phenoxy) is 1. The maximum absolute atomic E-state index is 5.31. The molecule has 0 aromatic heterocycles. The van der Waals surface area contributed by atoms with Crippen molar-refractivity contribution in [2.75, 3.05) is 17.8 Å². The Morgan fingerprint density at radius 2 is 1.89 bits per heavy atom. The van der Waals surface area contributed by atoms with Crippen molar-refractivity contribution in [3.63, 3.8) is 0 Å². The summed E-state index contributed by atoms with van der Waals surface area (Å²) in [6, 6.07) is 6.17. The van der Waals surface area contributed by atoms with E-state index in [-0.39, 0.29) is 5.41 Å². The van der Waals surface area contributed by atoms with Gasteiger partial charge in [0.2, 0.25) is 0 Å². The van der Waals surface area contributed by atoms with E-state index in [0.717, 1.165) is 27.3 Å². The zero-order valence-electron chi connectivity index (χ0n) is 10.8. The van der Waals surface area contributed by atoms with Gasteiger partial charge in [0.1, 0.15) is 5.75 Å².